The molecule has 17 nitrogen and oxygen atoms in total. The van der Waals surface area contributed by atoms with Crippen LogP contribution in [0.25, 0.3) is 127 Å². The quantitative estimate of drug-likeness (QED) is 0.113. The van der Waals surface area contributed by atoms with Crippen molar-refractivity contribution in [2.75, 3.05) is 11.9 Å². The van der Waals surface area contributed by atoms with Crippen molar-refractivity contribution in [1.82, 2.24) is 58.1 Å². The Morgan fingerprint density at radius 2 is 0.884 bits per heavy atom. The van der Waals surface area contributed by atoms with Crippen molar-refractivity contribution in [2.45, 2.75) is 177 Å². The van der Waals surface area contributed by atoms with Gasteiger partial charge in [-0.3, -0.25) is 15.0 Å². The van der Waals surface area contributed by atoms with E-state index in [1.54, 1.807) is 0 Å². The van der Waals surface area contributed by atoms with Crippen LogP contribution in [-0.2, 0) is 32.6 Å². The van der Waals surface area contributed by atoms with E-state index in [0.29, 0.717) is 47.6 Å². The summed E-state index contributed by atoms with van der Waals surface area (Å²) in [4.78, 5) is 24.0. The summed E-state index contributed by atoms with van der Waals surface area (Å²) >= 11 is 0. The van der Waals surface area contributed by atoms with E-state index in [0.717, 1.165) is 60.5 Å². The Morgan fingerprint density at radius 3 is 1.58 bits per heavy atom. The molecule has 1 unspecified atom stereocenters. The summed E-state index contributed by atoms with van der Waals surface area (Å²) in [5.74, 6) is 3.24. The third kappa shape index (κ3) is 9.57. The summed E-state index contributed by atoms with van der Waals surface area (Å²) in [6, 6.07) is 46.4. The van der Waals surface area contributed by atoms with Crippen molar-refractivity contribution >= 4 is 121 Å². The molecule has 6 aromatic carbocycles. The summed E-state index contributed by atoms with van der Waals surface area (Å²) in [6.07, 6.45) is 19.7. The summed E-state index contributed by atoms with van der Waals surface area (Å²) in [5, 5.41) is 27.3. The fourth-order valence-corrected chi connectivity index (χ4v) is 20.1. The molecule has 0 saturated carbocycles. The highest BCUT2D eigenvalue weighted by molar-refractivity contribution is 6.16. The van der Waals surface area contributed by atoms with Crippen molar-refractivity contribution in [3.05, 3.63) is 256 Å². The summed E-state index contributed by atoms with van der Waals surface area (Å²) in [7, 11) is 2.18. The average molecular weight is 1470 g/mol. The van der Waals surface area contributed by atoms with Gasteiger partial charge in [0.05, 0.1) is 69.2 Å². The highest BCUT2D eigenvalue weighted by atomic mass is 15.4. The van der Waals surface area contributed by atoms with Gasteiger partial charge in [0.1, 0.15) is 24.4 Å². The van der Waals surface area contributed by atoms with Gasteiger partial charge in [-0.15, -0.1) is 0 Å². The number of likely N-dealkylation sites (N-methyl/N-ethyl adjacent to an activating group) is 1. The van der Waals surface area contributed by atoms with Gasteiger partial charge >= 0.3 is 0 Å². The van der Waals surface area contributed by atoms with Crippen molar-refractivity contribution < 1.29 is 18.3 Å². The zero-order chi connectivity index (χ0) is 76.5. The molecule has 0 amide bonds. The fraction of sp³-hybridized carbons (Fsp3) is 0.295. The van der Waals surface area contributed by atoms with Crippen LogP contribution in [0.4, 0.5) is 5.69 Å². The largest absolute Gasteiger partial charge is 0.358 e. The molecule has 0 aliphatic carbocycles. The molecule has 0 N–H and O–H groups in total. The topological polar surface area (TPSA) is 130 Å². The number of benzene rings is 6. The number of nitrogens with zero attached hydrogens (tertiary/aromatic N) is 17. The number of rotatable bonds is 7. The van der Waals surface area contributed by atoms with Gasteiger partial charge in [-0.25, -0.2) is 23.3 Å². The molecule has 0 radical (unpaired) electrons. The molecule has 7 aliphatic heterocycles. The second kappa shape index (κ2) is 24.9. The van der Waals surface area contributed by atoms with Gasteiger partial charge < -0.3 is 9.80 Å². The fourth-order valence-electron chi connectivity index (χ4n) is 20.1. The molecule has 17 heteroatoms. The monoisotopic (exact) mass is 1470 g/mol. The summed E-state index contributed by atoms with van der Waals surface area (Å²) in [6.45, 7) is 35.3. The highest BCUT2D eigenvalue weighted by Gasteiger charge is 2.45. The maximum absolute atomic E-state index is 4.82. The Kier molecular flexibility index (Phi) is 15.1. The molecule has 12 aromatic heterocycles. The first-order valence-electron chi connectivity index (χ1n) is 40.4. The van der Waals surface area contributed by atoms with Gasteiger partial charge in [0.15, 0.2) is 22.2 Å². The predicted octanol–water partition coefficient (Wildman–Crippen LogP) is 18.5. The van der Waals surface area contributed by atoms with Crippen LogP contribution in [0.3, 0.4) is 0 Å². The Bertz CT molecular complexity index is 7160. The Morgan fingerprint density at radius 1 is 0.375 bits per heavy atom. The van der Waals surface area contributed by atoms with E-state index in [9.17, 15) is 0 Å². The van der Waals surface area contributed by atoms with E-state index in [4.69, 9.17) is 25.1 Å². The molecule has 19 heterocycles. The molecule has 25 rings (SSSR count). The van der Waals surface area contributed by atoms with E-state index in [2.05, 4.69) is 288 Å². The van der Waals surface area contributed by atoms with Crippen LogP contribution in [-0.4, -0.2) is 71.3 Å². The van der Waals surface area contributed by atoms with Crippen molar-refractivity contribution in [1.29, 1.82) is 0 Å². The average Bonchev–Trinajstić information content (AvgIpc) is 1.52. The van der Waals surface area contributed by atoms with Gasteiger partial charge in [0.2, 0.25) is 5.65 Å². The molecule has 7 aliphatic rings. The van der Waals surface area contributed by atoms with Crippen LogP contribution >= 0.6 is 0 Å². The van der Waals surface area contributed by atoms with Crippen LogP contribution in [0, 0.1) is 0 Å². The molecular formula is C95H93N17+4. The van der Waals surface area contributed by atoms with Gasteiger partial charge in [0.25, 0.3) is 41.6 Å². The van der Waals surface area contributed by atoms with Crippen LogP contribution in [0.5, 0.6) is 0 Å². The number of fused-ring (bicyclic) bond motifs is 15. The Labute approximate surface area is 650 Å². The second-order valence-electron chi connectivity index (χ2n) is 34.2. The second-order valence-corrected chi connectivity index (χ2v) is 34.2. The smallest absolute Gasteiger partial charge is 0.296 e. The van der Waals surface area contributed by atoms with E-state index in [-0.39, 0.29) is 0 Å². The molecular weight excluding hydrogens is 1380 g/mol. The van der Waals surface area contributed by atoms with Gasteiger partial charge in [-0.05, 0) is 111 Å². The molecule has 0 fully saturated rings. The normalized spacial score (nSPS) is 14.9. The van der Waals surface area contributed by atoms with Crippen LogP contribution in [0.1, 0.15) is 211 Å². The van der Waals surface area contributed by atoms with Crippen molar-refractivity contribution in [3.63, 3.8) is 0 Å². The first kappa shape index (κ1) is 68.0. The zero-order valence-corrected chi connectivity index (χ0v) is 66.6. The molecule has 1 atom stereocenters. The predicted molar refractivity (Wildman–Crippen MR) is 448 cm³/mol. The van der Waals surface area contributed by atoms with Crippen LogP contribution < -0.4 is 23.2 Å². The molecule has 0 spiro atoms. The van der Waals surface area contributed by atoms with Gasteiger partial charge in [0, 0.05) is 126 Å². The lowest BCUT2D eigenvalue weighted by Gasteiger charge is -2.33. The SMILES string of the molecule is CC(C)c1c[n+]2c3c4c(cccc4c4cccnc4n13)C2.CC(C)c1ccc(C(C)C)c2c1c1nccc3c1c1n2nc[n+]1C3.CC(C)c1ccc2c3c1-c1ncccc1C1=CN(C)C(C2)N13.CC(C)c1ccc2c3c1c1nccc(C(C)C)c1n1nc[n+](c31)C2.CC(C)c1cccc2c3cccc4c3c3n(nc[n+]3C4)c12. The van der Waals surface area contributed by atoms with E-state index >= 15 is 0 Å². The first-order valence-corrected chi connectivity index (χ1v) is 40.4. The van der Waals surface area contributed by atoms with Crippen molar-refractivity contribution in [2.24, 2.45) is 0 Å². The maximum atomic E-state index is 4.82. The zero-order valence-electron chi connectivity index (χ0n) is 66.6. The van der Waals surface area contributed by atoms with E-state index in [1.807, 2.05) is 55.9 Å². The Hall–Kier alpha value is -12.1. The van der Waals surface area contributed by atoms with Gasteiger partial charge in [-0.1, -0.05) is 201 Å². The minimum atomic E-state index is 0.430. The molecule has 0 bridgehead atoms. The molecule has 112 heavy (non-hydrogen) atoms. The highest BCUT2D eigenvalue weighted by Crippen LogP contribution is 2.55. The lowest BCUT2D eigenvalue weighted by atomic mass is 9.87. The molecule has 554 valence electrons. The van der Waals surface area contributed by atoms with Crippen LogP contribution in [0.15, 0.2) is 184 Å². The number of hydrogen-bond donors (Lipinski definition) is 0. The number of anilines is 1. The molecule has 0 saturated heterocycles. The third-order valence-corrected chi connectivity index (χ3v) is 25.2. The Balaban J connectivity index is 0.0000000885. The molecule has 18 aromatic rings. The standard InChI is InChI=1S/2C20H21N4.C19H19N3.2C18H16N3/c1-11(2)14-5-6-15(12(3)4)19-17(14)18-16-13(7-8-21-18)9-23-10-22-24(19)20(16)23;1-11(2)14-6-5-13-9-23-10-22-24-19-15(12(3)4)7-8-21-18(19)17(14)16(13)20(23)24;1-11(2)13-7-6-12-9-16-21(3)10-15-14-5-4-8-20-18(14)17(13)19(12)22(15)16;1-11(2)13-6-4-8-15-14-7-3-5-12-9-20-10-19-21(17(13)15)18(20)16(12)14;1-11(2)15-10-20-9-12-5-3-6-13-14-7-4-8-19-17(14)21(15)18(20)16(12)13/h2*5-8,10-12H,9H2,1-4H3;4-8,10-11,16H,9H2,1-3H3;2*3-8,10-11H,9H2,1-2H3/q2*+1;;2*+1. The number of pyridine rings is 8. The van der Waals surface area contributed by atoms with Crippen LogP contribution in [0.2, 0.25) is 0 Å². The number of hydrogen-bond acceptors (Lipinski definition) is 9. The van der Waals surface area contributed by atoms with E-state index < -0.39 is 0 Å². The summed E-state index contributed by atoms with van der Waals surface area (Å²) in [5.41, 5.74) is 34.9. The minimum Gasteiger partial charge on any atom is -0.358 e. The van der Waals surface area contributed by atoms with Gasteiger partial charge in [-0.2, -0.15) is 4.40 Å². The van der Waals surface area contributed by atoms with Crippen molar-refractivity contribution in [3.8, 4) is 11.3 Å². The number of para-hydroxylation sites is 1. The number of imidazole rings is 1. The van der Waals surface area contributed by atoms with E-state index in [1.165, 1.54) is 177 Å². The first-order chi connectivity index (χ1) is 54.3. The lowest BCUT2D eigenvalue weighted by Crippen LogP contribution is -2.35. The lowest BCUT2D eigenvalue weighted by molar-refractivity contribution is -0.659. The minimum absolute atomic E-state index is 0.430. The third-order valence-electron chi connectivity index (χ3n) is 25.2. The summed E-state index contributed by atoms with van der Waals surface area (Å²) < 4.78 is 17.9. The number of aromatic nitrogens is 15. The maximum Gasteiger partial charge on any atom is 0.296 e.